The van der Waals surface area contributed by atoms with Crippen molar-refractivity contribution in [3.8, 4) is 11.5 Å². The number of amides is 3. The van der Waals surface area contributed by atoms with E-state index < -0.39 is 11.9 Å². The van der Waals surface area contributed by atoms with Crippen molar-refractivity contribution >= 4 is 35.2 Å². The Morgan fingerprint density at radius 1 is 1.07 bits per heavy atom. The number of benzene rings is 1. The van der Waals surface area contributed by atoms with E-state index in [0.29, 0.717) is 19.4 Å². The number of nitrogen functional groups attached to an aromatic ring is 2. The summed E-state index contributed by atoms with van der Waals surface area (Å²) >= 11 is 5.69. The lowest BCUT2D eigenvalue weighted by atomic mass is 10.1. The zero-order chi connectivity index (χ0) is 20.0. The summed E-state index contributed by atoms with van der Waals surface area (Å²) in [6, 6.07) is 3.89. The molecule has 0 saturated heterocycles. The molecule has 0 fully saturated rings. The van der Waals surface area contributed by atoms with Crippen LogP contribution in [0.1, 0.15) is 28.9 Å². The summed E-state index contributed by atoms with van der Waals surface area (Å²) in [6.45, 7) is 0.326. The number of hydrogen-bond acceptors (Lipinski definition) is 8. The van der Waals surface area contributed by atoms with Crippen molar-refractivity contribution in [2.75, 3.05) is 18.0 Å². The van der Waals surface area contributed by atoms with Crippen LogP contribution < -0.4 is 22.1 Å². The number of aromatic nitrogens is 2. The van der Waals surface area contributed by atoms with Crippen LogP contribution in [0.3, 0.4) is 0 Å². The van der Waals surface area contributed by atoms with Gasteiger partial charge in [-0.1, -0.05) is 17.7 Å². The van der Waals surface area contributed by atoms with E-state index in [4.69, 9.17) is 23.1 Å². The third kappa shape index (κ3) is 5.61. The lowest BCUT2D eigenvalue weighted by molar-refractivity contribution is 0.0960. The highest BCUT2D eigenvalue weighted by molar-refractivity contribution is 6.31. The molecule has 11 heteroatoms. The number of aryl methyl sites for hydroxylation is 1. The fourth-order valence-corrected chi connectivity index (χ4v) is 2.32. The Morgan fingerprint density at radius 2 is 1.81 bits per heavy atom. The first kappa shape index (κ1) is 20.0. The number of imide groups is 1. The van der Waals surface area contributed by atoms with Crippen LogP contribution in [0.4, 0.5) is 16.4 Å². The average molecular weight is 395 g/mol. The highest BCUT2D eigenvalue weighted by atomic mass is 35.5. The third-order valence-electron chi connectivity index (χ3n) is 3.56. The minimum absolute atomic E-state index is 0.114. The second kappa shape index (κ2) is 8.90. The molecule has 0 spiro atoms. The quantitative estimate of drug-likeness (QED) is 0.312. The first-order chi connectivity index (χ1) is 12.8. The molecule has 1 heterocycles. The maximum absolute atomic E-state index is 12.0. The number of phenolic OH excluding ortho intramolecular Hbond substituents is 2. The lowest BCUT2D eigenvalue weighted by Crippen LogP contribution is -2.40. The molecular formula is C16H19ClN6O4. The van der Waals surface area contributed by atoms with E-state index in [2.05, 4.69) is 20.6 Å². The summed E-state index contributed by atoms with van der Waals surface area (Å²) < 4.78 is 0. The van der Waals surface area contributed by atoms with Gasteiger partial charge in [-0.05, 0) is 37.0 Å². The van der Waals surface area contributed by atoms with Crippen molar-refractivity contribution in [1.82, 2.24) is 20.6 Å². The van der Waals surface area contributed by atoms with Gasteiger partial charge >= 0.3 is 6.03 Å². The zero-order valence-electron chi connectivity index (χ0n) is 14.2. The molecule has 2 rings (SSSR count). The van der Waals surface area contributed by atoms with Crippen molar-refractivity contribution in [2.24, 2.45) is 0 Å². The molecule has 0 aliphatic rings. The molecule has 0 radical (unpaired) electrons. The topological polar surface area (TPSA) is 176 Å². The van der Waals surface area contributed by atoms with E-state index in [9.17, 15) is 19.8 Å². The number of unbranched alkanes of at least 4 members (excludes halogenated alkanes) is 1. The predicted molar refractivity (Wildman–Crippen MR) is 99.4 cm³/mol. The van der Waals surface area contributed by atoms with E-state index in [1.54, 1.807) is 6.07 Å². The molecule has 0 aliphatic heterocycles. The van der Waals surface area contributed by atoms with Gasteiger partial charge in [0.2, 0.25) is 0 Å². The third-order valence-corrected chi connectivity index (χ3v) is 3.84. The van der Waals surface area contributed by atoms with Crippen LogP contribution in [-0.4, -0.2) is 38.7 Å². The van der Waals surface area contributed by atoms with Crippen LogP contribution in [0, 0.1) is 0 Å². The van der Waals surface area contributed by atoms with Crippen molar-refractivity contribution < 1.29 is 19.8 Å². The maximum Gasteiger partial charge on any atom is 0.321 e. The van der Waals surface area contributed by atoms with Crippen LogP contribution in [-0.2, 0) is 6.42 Å². The van der Waals surface area contributed by atoms with Crippen LogP contribution in [0.5, 0.6) is 11.5 Å². The number of rotatable bonds is 6. The summed E-state index contributed by atoms with van der Waals surface area (Å²) in [4.78, 5) is 31.1. The van der Waals surface area contributed by atoms with Gasteiger partial charge in [-0.15, -0.1) is 0 Å². The molecule has 144 valence electrons. The Kier molecular flexibility index (Phi) is 6.61. The zero-order valence-corrected chi connectivity index (χ0v) is 15.0. The first-order valence-corrected chi connectivity index (χ1v) is 8.34. The number of carbonyl (C=O) groups is 2. The van der Waals surface area contributed by atoms with Crippen LogP contribution in [0.25, 0.3) is 0 Å². The second-order valence-corrected chi connectivity index (χ2v) is 5.98. The second-order valence-electron chi connectivity index (χ2n) is 5.62. The van der Waals surface area contributed by atoms with E-state index in [0.717, 1.165) is 12.0 Å². The van der Waals surface area contributed by atoms with Gasteiger partial charge in [0.15, 0.2) is 34.0 Å². The number of nitrogens with zero attached hydrogens (tertiary/aromatic N) is 2. The van der Waals surface area contributed by atoms with Crippen LogP contribution >= 0.6 is 11.6 Å². The van der Waals surface area contributed by atoms with Crippen molar-refractivity contribution in [2.45, 2.75) is 19.3 Å². The molecule has 0 bridgehead atoms. The minimum Gasteiger partial charge on any atom is -0.504 e. The predicted octanol–water partition coefficient (Wildman–Crippen LogP) is 1.17. The molecule has 1 aromatic carbocycles. The summed E-state index contributed by atoms with van der Waals surface area (Å²) in [6.07, 6.45) is 2.02. The number of hydrogen-bond donors (Lipinski definition) is 6. The monoisotopic (exact) mass is 394 g/mol. The van der Waals surface area contributed by atoms with Crippen molar-refractivity contribution in [3.63, 3.8) is 0 Å². The van der Waals surface area contributed by atoms with E-state index in [1.165, 1.54) is 12.1 Å². The fraction of sp³-hybridized carbons (Fsp3) is 0.250. The first-order valence-electron chi connectivity index (χ1n) is 7.96. The fourth-order valence-electron chi connectivity index (χ4n) is 2.20. The van der Waals surface area contributed by atoms with Gasteiger partial charge in [-0.3, -0.25) is 10.1 Å². The Balaban J connectivity index is 1.73. The number of halogens is 1. The van der Waals surface area contributed by atoms with Gasteiger partial charge in [-0.25, -0.2) is 14.8 Å². The number of phenols is 2. The number of nitrogens with two attached hydrogens (primary N) is 2. The number of aromatic hydroxyl groups is 2. The van der Waals surface area contributed by atoms with Gasteiger partial charge in [0.25, 0.3) is 5.91 Å². The minimum atomic E-state index is -0.848. The molecule has 3 amide bonds. The molecule has 0 unspecified atom stereocenters. The Labute approximate surface area is 159 Å². The highest BCUT2D eigenvalue weighted by Gasteiger charge is 2.18. The molecule has 27 heavy (non-hydrogen) atoms. The lowest BCUT2D eigenvalue weighted by Gasteiger charge is -2.08. The van der Waals surface area contributed by atoms with Gasteiger partial charge in [-0.2, -0.15) is 0 Å². The Hall–Kier alpha value is -3.27. The summed E-state index contributed by atoms with van der Waals surface area (Å²) in [5.74, 6) is -1.54. The van der Waals surface area contributed by atoms with Crippen molar-refractivity contribution in [1.29, 1.82) is 0 Å². The summed E-state index contributed by atoms with van der Waals surface area (Å²) in [5, 5.41) is 23.1. The molecule has 1 aromatic heterocycles. The van der Waals surface area contributed by atoms with Gasteiger partial charge in [0.1, 0.15) is 0 Å². The van der Waals surface area contributed by atoms with E-state index in [-0.39, 0.29) is 34.0 Å². The SMILES string of the molecule is Nc1nc(N)c(C(=O)NC(=O)NCCCCc2ccc(O)c(O)c2)nc1Cl. The molecule has 2 aromatic rings. The number of carbonyl (C=O) groups excluding carboxylic acids is 2. The largest absolute Gasteiger partial charge is 0.504 e. The number of anilines is 2. The Morgan fingerprint density at radius 3 is 2.52 bits per heavy atom. The van der Waals surface area contributed by atoms with E-state index in [1.807, 2.05) is 0 Å². The van der Waals surface area contributed by atoms with Gasteiger partial charge in [0, 0.05) is 6.54 Å². The van der Waals surface area contributed by atoms with Crippen molar-refractivity contribution in [3.05, 3.63) is 34.6 Å². The van der Waals surface area contributed by atoms with E-state index >= 15 is 0 Å². The van der Waals surface area contributed by atoms with Crippen LogP contribution in [0.15, 0.2) is 18.2 Å². The molecule has 8 N–H and O–H groups in total. The number of nitrogens with one attached hydrogen (secondary N) is 2. The summed E-state index contributed by atoms with van der Waals surface area (Å²) in [7, 11) is 0. The standard InChI is InChI=1S/C16H19ClN6O4/c17-12-14(19)22-13(18)11(21-12)15(26)23-16(27)20-6-2-1-3-8-4-5-9(24)10(25)7-8/h4-5,7,24-25H,1-3,6H2,(H4,18,19,22)(H2,20,23,26,27). The Bertz CT molecular complexity index is 861. The molecule has 0 aliphatic carbocycles. The normalized spacial score (nSPS) is 10.4. The molecule has 0 atom stereocenters. The summed E-state index contributed by atoms with van der Waals surface area (Å²) in [5.41, 5.74) is 11.5. The van der Waals surface area contributed by atoms with Gasteiger partial charge in [0.05, 0.1) is 0 Å². The molecule has 10 nitrogen and oxygen atoms in total. The van der Waals surface area contributed by atoms with Gasteiger partial charge < -0.3 is 27.0 Å². The molecule has 0 saturated carbocycles. The smallest absolute Gasteiger partial charge is 0.321 e. The molecular weight excluding hydrogens is 376 g/mol. The average Bonchev–Trinajstić information content (AvgIpc) is 2.60. The maximum atomic E-state index is 12.0. The van der Waals surface area contributed by atoms with Crippen LogP contribution in [0.2, 0.25) is 5.15 Å². The number of urea groups is 1. The highest BCUT2D eigenvalue weighted by Crippen LogP contribution is 2.25.